The van der Waals surface area contributed by atoms with E-state index in [0.717, 1.165) is 33.4 Å². The summed E-state index contributed by atoms with van der Waals surface area (Å²) in [6.45, 7) is 2.97. The third-order valence-corrected chi connectivity index (χ3v) is 8.28. The number of piperidine rings is 1. The smallest absolute Gasteiger partial charge is 0.218 e. The van der Waals surface area contributed by atoms with Gasteiger partial charge in [-0.3, -0.25) is 4.99 Å². The maximum absolute atomic E-state index is 12.9. The molecule has 1 saturated heterocycles. The molecule has 2 aromatic rings. The molecule has 0 unspecified atom stereocenters. The number of aliphatic imine (C=N–C) groups is 2. The van der Waals surface area contributed by atoms with E-state index < -0.39 is 15.7 Å². The molecular weight excluding hydrogens is 430 g/mol. The summed E-state index contributed by atoms with van der Waals surface area (Å²) in [7, 11) is -1.71. The van der Waals surface area contributed by atoms with Crippen LogP contribution >= 0.6 is 11.8 Å². The van der Waals surface area contributed by atoms with Crippen molar-refractivity contribution in [1.82, 2.24) is 4.31 Å². The number of rotatable bonds is 6. The predicted molar refractivity (Wildman–Crippen MR) is 128 cm³/mol. The molecule has 0 N–H and O–H groups in total. The van der Waals surface area contributed by atoms with E-state index >= 15 is 0 Å². The molecule has 4 rings (SSSR count). The van der Waals surface area contributed by atoms with Gasteiger partial charge in [-0.2, -0.15) is 0 Å². The van der Waals surface area contributed by atoms with Gasteiger partial charge in [-0.1, -0.05) is 37.3 Å². The highest BCUT2D eigenvalue weighted by atomic mass is 32.2. The van der Waals surface area contributed by atoms with Gasteiger partial charge in [0.25, 0.3) is 0 Å². The van der Waals surface area contributed by atoms with Crippen molar-refractivity contribution in [2.45, 2.75) is 31.2 Å². The van der Waals surface area contributed by atoms with Crippen LogP contribution in [0.25, 0.3) is 0 Å². The van der Waals surface area contributed by atoms with Gasteiger partial charge in [0, 0.05) is 31.5 Å². The van der Waals surface area contributed by atoms with E-state index in [2.05, 4.69) is 6.92 Å². The average molecular weight is 458 g/mol. The van der Waals surface area contributed by atoms with Crippen molar-refractivity contribution in [2.24, 2.45) is 9.98 Å². The van der Waals surface area contributed by atoms with Gasteiger partial charge in [0.1, 0.15) is 10.8 Å². The normalized spacial score (nSPS) is 18.6. The monoisotopic (exact) mass is 457 g/mol. The molecule has 0 bridgehead atoms. The van der Waals surface area contributed by atoms with Crippen molar-refractivity contribution in [1.29, 1.82) is 0 Å². The van der Waals surface area contributed by atoms with Crippen molar-refractivity contribution in [3.8, 4) is 5.75 Å². The Balaban J connectivity index is 1.51. The highest BCUT2D eigenvalue weighted by molar-refractivity contribution is 8.15. The van der Waals surface area contributed by atoms with Gasteiger partial charge in [0.05, 0.1) is 18.6 Å². The van der Waals surface area contributed by atoms with E-state index in [4.69, 9.17) is 14.7 Å². The van der Waals surface area contributed by atoms with E-state index in [1.165, 1.54) is 0 Å². The van der Waals surface area contributed by atoms with Crippen LogP contribution in [0.4, 0.5) is 0 Å². The van der Waals surface area contributed by atoms with Crippen molar-refractivity contribution >= 4 is 32.5 Å². The zero-order chi connectivity index (χ0) is 21.9. The number of benzene rings is 2. The molecule has 2 aromatic carbocycles. The molecule has 2 aliphatic rings. The average Bonchev–Trinajstić information content (AvgIpc) is 3.12. The van der Waals surface area contributed by atoms with Gasteiger partial charge in [-0.25, -0.2) is 17.7 Å². The fourth-order valence-corrected chi connectivity index (χ4v) is 6.26. The molecule has 0 saturated carbocycles. The molecule has 1 fully saturated rings. The summed E-state index contributed by atoms with van der Waals surface area (Å²) >= 11 is 1.68. The molecule has 1 spiro atoms. The summed E-state index contributed by atoms with van der Waals surface area (Å²) in [5, 5.41) is 0.938. The van der Waals surface area contributed by atoms with E-state index in [9.17, 15) is 8.42 Å². The van der Waals surface area contributed by atoms with Crippen molar-refractivity contribution in [3.05, 3.63) is 65.7 Å². The molecule has 0 atom stereocenters. The van der Waals surface area contributed by atoms with Crippen LogP contribution in [-0.2, 0) is 15.8 Å². The Hall–Kier alpha value is -2.16. The second kappa shape index (κ2) is 9.14. The largest absolute Gasteiger partial charge is 0.497 e. The molecule has 164 valence electrons. The first-order valence-corrected chi connectivity index (χ1v) is 13.0. The third-order valence-electron chi connectivity index (χ3n) is 5.59. The van der Waals surface area contributed by atoms with E-state index in [-0.39, 0.29) is 5.75 Å². The Morgan fingerprint density at radius 3 is 2.32 bits per heavy atom. The molecule has 8 heteroatoms. The van der Waals surface area contributed by atoms with Crippen LogP contribution in [0, 0.1) is 0 Å². The van der Waals surface area contributed by atoms with Crippen molar-refractivity contribution < 1.29 is 13.2 Å². The highest BCUT2D eigenvalue weighted by Crippen LogP contribution is 2.36. The number of methoxy groups -OCH3 is 1. The van der Waals surface area contributed by atoms with Crippen LogP contribution < -0.4 is 4.74 Å². The van der Waals surface area contributed by atoms with Gasteiger partial charge in [-0.15, -0.1) is 11.8 Å². The van der Waals surface area contributed by atoms with Crippen LogP contribution in [0.5, 0.6) is 5.75 Å². The maximum atomic E-state index is 12.9. The number of thioether (sulfide) groups is 1. The molecule has 2 heterocycles. The molecule has 6 nitrogen and oxygen atoms in total. The second-order valence-electron chi connectivity index (χ2n) is 7.66. The minimum absolute atomic E-state index is 0.0292. The Bertz CT molecular complexity index is 1070. The van der Waals surface area contributed by atoms with Crippen LogP contribution in [-0.4, -0.2) is 55.1 Å². The van der Waals surface area contributed by atoms with Gasteiger partial charge in [-0.05, 0) is 35.6 Å². The Labute approximate surface area is 188 Å². The first-order chi connectivity index (χ1) is 14.9. The minimum atomic E-state index is -3.36. The topological polar surface area (TPSA) is 71.3 Å². The standard InChI is InChI=1S/C23H27N3O3S2/c1-3-30-22-21(19-9-11-20(29-2)12-10-19)24-23(25-22)13-15-26(16-14-23)31(27,28)17-18-7-5-4-6-8-18/h4-12H,3,13-17H2,1-2H3. The van der Waals surface area contributed by atoms with Gasteiger partial charge in [0.2, 0.25) is 10.0 Å². The number of ether oxygens (including phenoxy) is 1. The zero-order valence-corrected chi connectivity index (χ0v) is 19.5. The summed E-state index contributed by atoms with van der Waals surface area (Å²) in [5.74, 6) is 1.74. The van der Waals surface area contributed by atoms with Crippen molar-refractivity contribution in [2.75, 3.05) is 26.0 Å². The van der Waals surface area contributed by atoms with E-state index in [1.807, 2.05) is 54.6 Å². The number of nitrogens with zero attached hydrogens (tertiary/aromatic N) is 3. The van der Waals surface area contributed by atoms with Gasteiger partial charge >= 0.3 is 0 Å². The summed E-state index contributed by atoms with van der Waals surface area (Å²) < 4.78 is 32.7. The fourth-order valence-electron chi connectivity index (χ4n) is 3.92. The lowest BCUT2D eigenvalue weighted by atomic mass is 10.00. The highest BCUT2D eigenvalue weighted by Gasteiger charge is 2.42. The molecule has 0 amide bonds. The summed E-state index contributed by atoms with van der Waals surface area (Å²) in [6, 6.07) is 17.2. The first-order valence-electron chi connectivity index (χ1n) is 10.4. The van der Waals surface area contributed by atoms with Crippen LogP contribution in [0.1, 0.15) is 30.9 Å². The lowest BCUT2D eigenvalue weighted by Crippen LogP contribution is -2.44. The molecule has 2 aliphatic heterocycles. The predicted octanol–water partition coefficient (Wildman–Crippen LogP) is 3.97. The lowest BCUT2D eigenvalue weighted by Gasteiger charge is -2.34. The number of hydrogen-bond acceptors (Lipinski definition) is 6. The Morgan fingerprint density at radius 2 is 1.71 bits per heavy atom. The van der Waals surface area contributed by atoms with Crippen LogP contribution in [0.15, 0.2) is 64.6 Å². The first kappa shape index (κ1) is 22.0. The van der Waals surface area contributed by atoms with E-state index in [0.29, 0.717) is 25.9 Å². The Kier molecular flexibility index (Phi) is 6.50. The molecule has 0 aliphatic carbocycles. The van der Waals surface area contributed by atoms with E-state index in [1.54, 1.807) is 23.2 Å². The SMILES string of the molecule is CCSC1=NC2(CCN(S(=O)(=O)Cc3ccccc3)CC2)N=C1c1ccc(OC)cc1. The van der Waals surface area contributed by atoms with Crippen molar-refractivity contribution in [3.63, 3.8) is 0 Å². The van der Waals surface area contributed by atoms with Crippen LogP contribution in [0.3, 0.4) is 0 Å². The molecular formula is C23H27N3O3S2. The lowest BCUT2D eigenvalue weighted by molar-refractivity contribution is 0.248. The summed E-state index contributed by atoms with van der Waals surface area (Å²) in [4.78, 5) is 10.0. The van der Waals surface area contributed by atoms with Crippen LogP contribution in [0.2, 0.25) is 0 Å². The molecule has 0 radical (unpaired) electrons. The fraction of sp³-hybridized carbons (Fsp3) is 0.391. The minimum Gasteiger partial charge on any atom is -0.497 e. The zero-order valence-electron chi connectivity index (χ0n) is 17.8. The quantitative estimate of drug-likeness (QED) is 0.658. The molecule has 0 aromatic heterocycles. The van der Waals surface area contributed by atoms with Gasteiger partial charge in [0.15, 0.2) is 5.66 Å². The Morgan fingerprint density at radius 1 is 1.03 bits per heavy atom. The molecule has 31 heavy (non-hydrogen) atoms. The number of sulfonamides is 1. The maximum Gasteiger partial charge on any atom is 0.218 e. The second-order valence-corrected chi connectivity index (χ2v) is 10.9. The summed E-state index contributed by atoms with van der Waals surface area (Å²) in [5.41, 5.74) is 2.15. The summed E-state index contributed by atoms with van der Waals surface area (Å²) in [6.07, 6.45) is 1.18. The third kappa shape index (κ3) is 4.86. The van der Waals surface area contributed by atoms with Gasteiger partial charge < -0.3 is 4.74 Å². The number of hydrogen-bond donors (Lipinski definition) is 0.